The highest BCUT2D eigenvalue weighted by molar-refractivity contribution is 5.97. The molecule has 0 unspecified atom stereocenters. The molecule has 2 nitrogen and oxygen atoms in total. The summed E-state index contributed by atoms with van der Waals surface area (Å²) in [6, 6.07) is 32.5. The minimum Gasteiger partial charge on any atom is -0.342 e. The zero-order valence-electron chi connectivity index (χ0n) is 16.8. The van der Waals surface area contributed by atoms with Crippen molar-refractivity contribution in [2.75, 3.05) is 0 Å². The number of aromatic nitrogens is 2. The zero-order valence-corrected chi connectivity index (χ0v) is 16.8. The topological polar surface area (TPSA) is 9.86 Å². The van der Waals surface area contributed by atoms with E-state index in [9.17, 15) is 0 Å². The van der Waals surface area contributed by atoms with Crippen LogP contribution in [0.3, 0.4) is 0 Å². The van der Waals surface area contributed by atoms with E-state index in [1.165, 1.54) is 44.7 Å². The van der Waals surface area contributed by atoms with Crippen molar-refractivity contribution in [3.8, 4) is 16.8 Å². The van der Waals surface area contributed by atoms with Gasteiger partial charge in [0.1, 0.15) is 0 Å². The minimum absolute atomic E-state index is 0.866. The lowest BCUT2D eigenvalue weighted by molar-refractivity contribution is 0.837. The lowest BCUT2D eigenvalue weighted by Gasteiger charge is -2.11. The monoisotopic (exact) mass is 376 g/mol. The summed E-state index contributed by atoms with van der Waals surface area (Å²) in [7, 11) is 0. The fourth-order valence-electron chi connectivity index (χ4n) is 4.26. The molecule has 0 radical (unpaired) electrons. The quantitative estimate of drug-likeness (QED) is 0.328. The van der Waals surface area contributed by atoms with Crippen molar-refractivity contribution < 1.29 is 0 Å². The summed E-state index contributed by atoms with van der Waals surface area (Å²) in [6.45, 7) is 5.19. The van der Waals surface area contributed by atoms with Gasteiger partial charge in [-0.25, -0.2) is 0 Å². The standard InChI is InChI=1S/C27H24N2/c1-20-13-14-21(2)29(20)24-15-16-27-25(17-24)26(23-11-7-4-8-12-23)19-28(27)18-22-9-5-3-6-10-22/h3-17,19H,18H2,1-2H3. The predicted octanol–water partition coefficient (Wildman–Crippen LogP) is 6.76. The first-order valence-corrected chi connectivity index (χ1v) is 10.1. The Labute approximate surface area is 171 Å². The van der Waals surface area contributed by atoms with Gasteiger partial charge >= 0.3 is 0 Å². The molecule has 0 saturated carbocycles. The number of hydrogen-bond acceptors (Lipinski definition) is 0. The van der Waals surface area contributed by atoms with Gasteiger partial charge in [-0.2, -0.15) is 0 Å². The molecule has 0 aliphatic carbocycles. The number of hydrogen-bond donors (Lipinski definition) is 0. The smallest absolute Gasteiger partial charge is 0.0491 e. The summed E-state index contributed by atoms with van der Waals surface area (Å²) in [6.07, 6.45) is 2.30. The van der Waals surface area contributed by atoms with Gasteiger partial charge < -0.3 is 9.13 Å². The van der Waals surface area contributed by atoms with Crippen LogP contribution in [0.1, 0.15) is 17.0 Å². The fourth-order valence-corrected chi connectivity index (χ4v) is 4.26. The van der Waals surface area contributed by atoms with Crippen molar-refractivity contribution in [3.63, 3.8) is 0 Å². The molecular formula is C27H24N2. The predicted molar refractivity (Wildman–Crippen MR) is 122 cm³/mol. The van der Waals surface area contributed by atoms with Crippen LogP contribution in [-0.4, -0.2) is 9.13 Å². The molecule has 0 spiro atoms. The van der Waals surface area contributed by atoms with Crippen molar-refractivity contribution in [3.05, 3.63) is 114 Å². The van der Waals surface area contributed by atoms with E-state index in [4.69, 9.17) is 0 Å². The average molecular weight is 377 g/mol. The van der Waals surface area contributed by atoms with E-state index in [1.807, 2.05) is 0 Å². The van der Waals surface area contributed by atoms with Crippen LogP contribution in [0.2, 0.25) is 0 Å². The van der Waals surface area contributed by atoms with Gasteiger partial charge in [0, 0.05) is 46.3 Å². The summed E-state index contributed by atoms with van der Waals surface area (Å²) in [4.78, 5) is 0. The molecule has 5 aromatic rings. The minimum atomic E-state index is 0.866. The SMILES string of the molecule is Cc1ccc(C)n1-c1ccc2c(c1)c(-c1ccccc1)cn2Cc1ccccc1. The maximum atomic E-state index is 2.37. The summed E-state index contributed by atoms with van der Waals surface area (Å²) >= 11 is 0. The Bertz CT molecular complexity index is 1260. The molecule has 5 rings (SSSR count). The second kappa shape index (κ2) is 7.14. The molecule has 0 saturated heterocycles. The summed E-state index contributed by atoms with van der Waals surface area (Å²) in [5.41, 5.74) is 8.83. The maximum absolute atomic E-state index is 2.37. The molecule has 142 valence electrons. The maximum Gasteiger partial charge on any atom is 0.0491 e. The Hall–Kier alpha value is -3.52. The molecule has 0 aliphatic heterocycles. The van der Waals surface area contributed by atoms with Crippen LogP contribution in [0.5, 0.6) is 0 Å². The van der Waals surface area contributed by atoms with Crippen LogP contribution >= 0.6 is 0 Å². The first kappa shape index (κ1) is 17.6. The Morgan fingerprint density at radius 1 is 0.690 bits per heavy atom. The number of benzene rings is 3. The normalized spacial score (nSPS) is 11.2. The second-order valence-electron chi connectivity index (χ2n) is 7.68. The summed E-state index contributed by atoms with van der Waals surface area (Å²) < 4.78 is 4.69. The molecule has 0 bridgehead atoms. The van der Waals surface area contributed by atoms with Crippen LogP contribution in [-0.2, 0) is 6.54 Å². The van der Waals surface area contributed by atoms with Gasteiger partial charge in [0.15, 0.2) is 0 Å². The first-order valence-electron chi connectivity index (χ1n) is 10.1. The van der Waals surface area contributed by atoms with Crippen LogP contribution in [0, 0.1) is 13.8 Å². The van der Waals surface area contributed by atoms with Gasteiger partial charge in [0.2, 0.25) is 0 Å². The molecule has 3 aromatic carbocycles. The van der Waals surface area contributed by atoms with E-state index >= 15 is 0 Å². The van der Waals surface area contributed by atoms with Crippen molar-refractivity contribution in [1.29, 1.82) is 0 Å². The molecule has 0 fully saturated rings. The second-order valence-corrected chi connectivity index (χ2v) is 7.68. The Morgan fingerprint density at radius 2 is 1.34 bits per heavy atom. The summed E-state index contributed by atoms with van der Waals surface area (Å²) in [5.74, 6) is 0. The third-order valence-corrected chi connectivity index (χ3v) is 5.67. The molecule has 2 aromatic heterocycles. The molecule has 2 heteroatoms. The highest BCUT2D eigenvalue weighted by Crippen LogP contribution is 2.33. The van der Waals surface area contributed by atoms with Crippen molar-refractivity contribution in [2.45, 2.75) is 20.4 Å². The average Bonchev–Trinajstić information content (AvgIpc) is 3.28. The van der Waals surface area contributed by atoms with Crippen LogP contribution < -0.4 is 0 Å². The highest BCUT2D eigenvalue weighted by atomic mass is 15.0. The third kappa shape index (κ3) is 3.17. The van der Waals surface area contributed by atoms with Crippen molar-refractivity contribution in [1.82, 2.24) is 9.13 Å². The number of rotatable bonds is 4. The molecule has 0 atom stereocenters. The third-order valence-electron chi connectivity index (χ3n) is 5.67. The lowest BCUT2D eigenvalue weighted by Crippen LogP contribution is -2.00. The highest BCUT2D eigenvalue weighted by Gasteiger charge is 2.13. The first-order chi connectivity index (χ1) is 14.2. The van der Waals surface area contributed by atoms with E-state index in [0.29, 0.717) is 0 Å². The number of fused-ring (bicyclic) bond motifs is 1. The van der Waals surface area contributed by atoms with Gasteiger partial charge in [-0.15, -0.1) is 0 Å². The van der Waals surface area contributed by atoms with Crippen molar-refractivity contribution in [2.24, 2.45) is 0 Å². The largest absolute Gasteiger partial charge is 0.342 e. The van der Waals surface area contributed by atoms with Crippen molar-refractivity contribution >= 4 is 10.9 Å². The molecule has 0 N–H and O–H groups in total. The number of nitrogens with zero attached hydrogens (tertiary/aromatic N) is 2. The van der Waals surface area contributed by atoms with E-state index in [0.717, 1.165) is 6.54 Å². The van der Waals surface area contributed by atoms with Crippen LogP contribution in [0.4, 0.5) is 0 Å². The summed E-state index contributed by atoms with van der Waals surface area (Å²) in [5, 5.41) is 1.29. The van der Waals surface area contributed by atoms with E-state index in [1.54, 1.807) is 0 Å². The molecular weight excluding hydrogens is 352 g/mol. The molecule has 0 amide bonds. The van der Waals surface area contributed by atoms with E-state index < -0.39 is 0 Å². The Kier molecular flexibility index (Phi) is 4.33. The molecule has 2 heterocycles. The van der Waals surface area contributed by atoms with E-state index in [2.05, 4.69) is 120 Å². The number of aryl methyl sites for hydroxylation is 2. The Morgan fingerprint density at radius 3 is 2.03 bits per heavy atom. The van der Waals surface area contributed by atoms with Gasteiger partial charge in [-0.05, 0) is 55.3 Å². The van der Waals surface area contributed by atoms with Gasteiger partial charge in [0.05, 0.1) is 0 Å². The van der Waals surface area contributed by atoms with Gasteiger partial charge in [-0.3, -0.25) is 0 Å². The lowest BCUT2D eigenvalue weighted by atomic mass is 10.0. The Balaban J connectivity index is 1.71. The zero-order chi connectivity index (χ0) is 19.8. The molecule has 29 heavy (non-hydrogen) atoms. The van der Waals surface area contributed by atoms with Gasteiger partial charge in [0.25, 0.3) is 0 Å². The van der Waals surface area contributed by atoms with Crippen LogP contribution in [0.25, 0.3) is 27.7 Å². The fraction of sp³-hybridized carbons (Fsp3) is 0.111. The van der Waals surface area contributed by atoms with E-state index in [-0.39, 0.29) is 0 Å². The molecule has 0 aliphatic rings. The van der Waals surface area contributed by atoms with Crippen LogP contribution in [0.15, 0.2) is 97.2 Å². The van der Waals surface area contributed by atoms with Gasteiger partial charge in [-0.1, -0.05) is 60.7 Å².